The number of benzene rings is 1. The number of amides is 1. The lowest BCUT2D eigenvalue weighted by atomic mass is 10.0. The summed E-state index contributed by atoms with van der Waals surface area (Å²) in [5.41, 5.74) is 1.90. The minimum Gasteiger partial charge on any atom is -0.493 e. The number of nitrogens with one attached hydrogen (secondary N) is 1. The Balaban J connectivity index is 2.82. The third-order valence-electron chi connectivity index (χ3n) is 3.88. The summed E-state index contributed by atoms with van der Waals surface area (Å²) in [6.45, 7) is 6.23. The van der Waals surface area contributed by atoms with Gasteiger partial charge in [-0.05, 0) is 50.1 Å². The number of aliphatic carboxylic acids is 1. The lowest BCUT2D eigenvalue weighted by Gasteiger charge is -2.22. The summed E-state index contributed by atoms with van der Waals surface area (Å²) >= 11 is 0. The average molecular weight is 352 g/mol. The van der Waals surface area contributed by atoms with Crippen molar-refractivity contribution in [3.05, 3.63) is 23.3 Å². The van der Waals surface area contributed by atoms with E-state index in [1.165, 1.54) is 0 Å². The number of rotatable bonds is 10. The fraction of sp³-hybridized carbons (Fsp3) is 0.556. The molecular weight excluding hydrogens is 324 g/mol. The van der Waals surface area contributed by atoms with E-state index < -0.39 is 5.97 Å². The SMILES string of the molecule is CCCN(CC(=O)O)CC(=O)NC(C)c1cc(OC)c(OC)cc1C. The summed E-state index contributed by atoms with van der Waals surface area (Å²) in [4.78, 5) is 24.8. The van der Waals surface area contributed by atoms with Gasteiger partial charge in [0.1, 0.15) is 0 Å². The van der Waals surface area contributed by atoms with E-state index in [1.54, 1.807) is 19.1 Å². The van der Waals surface area contributed by atoms with Gasteiger partial charge in [0.05, 0.1) is 33.4 Å². The van der Waals surface area contributed by atoms with Gasteiger partial charge in [0, 0.05) is 0 Å². The lowest BCUT2D eigenvalue weighted by Crippen LogP contribution is -2.41. The maximum atomic E-state index is 12.3. The van der Waals surface area contributed by atoms with Gasteiger partial charge in [-0.3, -0.25) is 14.5 Å². The van der Waals surface area contributed by atoms with E-state index in [-0.39, 0.29) is 25.0 Å². The van der Waals surface area contributed by atoms with Crippen LogP contribution in [0.4, 0.5) is 0 Å². The molecule has 1 rings (SSSR count). The second kappa shape index (κ2) is 9.88. The number of nitrogens with zero attached hydrogens (tertiary/aromatic N) is 1. The van der Waals surface area contributed by atoms with Gasteiger partial charge < -0.3 is 19.9 Å². The number of carbonyl (C=O) groups excluding carboxylic acids is 1. The zero-order valence-corrected chi connectivity index (χ0v) is 15.6. The monoisotopic (exact) mass is 352 g/mol. The van der Waals surface area contributed by atoms with Gasteiger partial charge in [-0.15, -0.1) is 0 Å². The highest BCUT2D eigenvalue weighted by Crippen LogP contribution is 2.32. The van der Waals surface area contributed by atoms with Crippen molar-refractivity contribution < 1.29 is 24.2 Å². The van der Waals surface area contributed by atoms with Gasteiger partial charge in [-0.2, -0.15) is 0 Å². The molecule has 0 aromatic heterocycles. The van der Waals surface area contributed by atoms with Crippen LogP contribution in [0.5, 0.6) is 11.5 Å². The number of hydrogen-bond acceptors (Lipinski definition) is 5. The number of hydrogen-bond donors (Lipinski definition) is 2. The summed E-state index contributed by atoms with van der Waals surface area (Å²) in [5.74, 6) is 0.0851. The van der Waals surface area contributed by atoms with Gasteiger partial charge in [0.15, 0.2) is 11.5 Å². The molecular formula is C18H28N2O5. The van der Waals surface area contributed by atoms with Crippen LogP contribution in [0.3, 0.4) is 0 Å². The molecule has 1 amide bonds. The van der Waals surface area contributed by atoms with Crippen LogP contribution >= 0.6 is 0 Å². The molecule has 0 bridgehead atoms. The first-order valence-corrected chi connectivity index (χ1v) is 8.28. The van der Waals surface area contributed by atoms with Gasteiger partial charge in [-0.1, -0.05) is 6.92 Å². The molecule has 1 aromatic carbocycles. The van der Waals surface area contributed by atoms with Crippen molar-refractivity contribution in [2.24, 2.45) is 0 Å². The van der Waals surface area contributed by atoms with Gasteiger partial charge >= 0.3 is 5.97 Å². The molecule has 0 saturated heterocycles. The number of aryl methyl sites for hydroxylation is 1. The molecule has 1 aromatic rings. The summed E-state index contributed by atoms with van der Waals surface area (Å²) in [6, 6.07) is 3.48. The molecule has 2 N–H and O–H groups in total. The zero-order valence-electron chi connectivity index (χ0n) is 15.6. The molecule has 0 saturated carbocycles. The molecule has 0 heterocycles. The predicted octanol–water partition coefficient (Wildman–Crippen LogP) is 1.99. The molecule has 0 spiro atoms. The standard InChI is InChI=1S/C18H28N2O5/c1-6-7-20(11-18(22)23)10-17(21)19-13(3)14-9-16(25-5)15(24-4)8-12(14)2/h8-9,13H,6-7,10-11H2,1-5H3,(H,19,21)(H,22,23). The molecule has 0 radical (unpaired) electrons. The quantitative estimate of drug-likeness (QED) is 0.669. The molecule has 1 atom stereocenters. The smallest absolute Gasteiger partial charge is 0.317 e. The average Bonchev–Trinajstić information content (AvgIpc) is 2.53. The summed E-state index contributed by atoms with van der Waals surface area (Å²) < 4.78 is 10.6. The number of carboxylic acid groups (broad SMARTS) is 1. The number of methoxy groups -OCH3 is 2. The van der Waals surface area contributed by atoms with E-state index in [1.807, 2.05) is 32.9 Å². The molecule has 7 nitrogen and oxygen atoms in total. The lowest BCUT2D eigenvalue weighted by molar-refractivity contribution is -0.138. The highest BCUT2D eigenvalue weighted by Gasteiger charge is 2.18. The van der Waals surface area contributed by atoms with E-state index in [0.29, 0.717) is 18.0 Å². The van der Waals surface area contributed by atoms with Crippen LogP contribution in [0, 0.1) is 6.92 Å². The van der Waals surface area contributed by atoms with Gasteiger partial charge in [-0.25, -0.2) is 0 Å². The predicted molar refractivity (Wildman–Crippen MR) is 95.2 cm³/mol. The minimum absolute atomic E-state index is 0.0524. The fourth-order valence-electron chi connectivity index (χ4n) is 2.75. The molecule has 140 valence electrons. The Morgan fingerprint density at radius 2 is 1.80 bits per heavy atom. The van der Waals surface area contributed by atoms with Crippen LogP contribution in [0.25, 0.3) is 0 Å². The normalized spacial score (nSPS) is 11.9. The number of carboxylic acids is 1. The fourth-order valence-corrected chi connectivity index (χ4v) is 2.75. The molecule has 0 fully saturated rings. The van der Waals surface area contributed by atoms with Gasteiger partial charge in [0.25, 0.3) is 0 Å². The molecule has 25 heavy (non-hydrogen) atoms. The summed E-state index contributed by atoms with van der Waals surface area (Å²) in [6.07, 6.45) is 0.783. The van der Waals surface area contributed by atoms with Crippen molar-refractivity contribution in [1.82, 2.24) is 10.2 Å². The first-order valence-electron chi connectivity index (χ1n) is 8.28. The van der Waals surface area contributed by atoms with Crippen molar-refractivity contribution in [3.8, 4) is 11.5 Å². The maximum absolute atomic E-state index is 12.3. The third kappa shape index (κ3) is 6.26. The Labute approximate surface area is 148 Å². The van der Waals surface area contributed by atoms with E-state index in [4.69, 9.17) is 14.6 Å². The zero-order chi connectivity index (χ0) is 19.0. The first kappa shape index (κ1) is 20.8. The Morgan fingerprint density at radius 3 is 2.32 bits per heavy atom. The second-order valence-corrected chi connectivity index (χ2v) is 5.96. The van der Waals surface area contributed by atoms with Crippen LogP contribution in [0.2, 0.25) is 0 Å². The topological polar surface area (TPSA) is 88.1 Å². The maximum Gasteiger partial charge on any atom is 0.317 e. The van der Waals surface area contributed by atoms with E-state index in [2.05, 4.69) is 5.32 Å². The van der Waals surface area contributed by atoms with Crippen LogP contribution in [0.15, 0.2) is 12.1 Å². The Hall–Kier alpha value is -2.28. The van der Waals surface area contributed by atoms with Crippen molar-refractivity contribution in [2.45, 2.75) is 33.2 Å². The molecule has 1 unspecified atom stereocenters. The summed E-state index contributed by atoms with van der Waals surface area (Å²) in [7, 11) is 3.14. The van der Waals surface area contributed by atoms with Crippen molar-refractivity contribution in [3.63, 3.8) is 0 Å². The van der Waals surface area contributed by atoms with Crippen LogP contribution in [0.1, 0.15) is 37.4 Å². The number of carbonyl (C=O) groups is 2. The molecule has 0 aliphatic carbocycles. The third-order valence-corrected chi connectivity index (χ3v) is 3.88. The van der Waals surface area contributed by atoms with E-state index in [0.717, 1.165) is 17.5 Å². The van der Waals surface area contributed by atoms with Gasteiger partial charge in [0.2, 0.25) is 5.91 Å². The minimum atomic E-state index is -0.940. The highest BCUT2D eigenvalue weighted by molar-refractivity contribution is 5.79. The number of ether oxygens (including phenoxy) is 2. The van der Waals surface area contributed by atoms with Crippen LogP contribution in [-0.4, -0.2) is 55.7 Å². The van der Waals surface area contributed by atoms with Crippen molar-refractivity contribution >= 4 is 11.9 Å². The van der Waals surface area contributed by atoms with E-state index in [9.17, 15) is 9.59 Å². The highest BCUT2D eigenvalue weighted by atomic mass is 16.5. The Morgan fingerprint density at radius 1 is 1.20 bits per heavy atom. The van der Waals surface area contributed by atoms with Crippen LogP contribution < -0.4 is 14.8 Å². The Kier molecular flexibility index (Phi) is 8.21. The molecule has 0 aliphatic heterocycles. The van der Waals surface area contributed by atoms with Crippen molar-refractivity contribution in [2.75, 3.05) is 33.9 Å². The first-order chi connectivity index (χ1) is 11.8. The molecule has 7 heteroatoms. The molecule has 0 aliphatic rings. The van der Waals surface area contributed by atoms with E-state index >= 15 is 0 Å². The summed E-state index contributed by atoms with van der Waals surface area (Å²) in [5, 5.41) is 11.8. The van der Waals surface area contributed by atoms with Crippen molar-refractivity contribution in [1.29, 1.82) is 0 Å². The Bertz CT molecular complexity index is 603. The second-order valence-electron chi connectivity index (χ2n) is 5.96. The van der Waals surface area contributed by atoms with Crippen LogP contribution in [-0.2, 0) is 9.59 Å². The largest absolute Gasteiger partial charge is 0.493 e.